The first kappa shape index (κ1) is 18.3. The van der Waals surface area contributed by atoms with Gasteiger partial charge in [0.25, 0.3) is 5.91 Å². The number of hydrogen-bond donors (Lipinski definition) is 2. The zero-order valence-electron chi connectivity index (χ0n) is 14.8. The molecule has 3 rings (SSSR count). The number of hydrazine groups is 1. The topological polar surface area (TPSA) is 98.3 Å². The number of ether oxygens (including phenoxy) is 1. The predicted molar refractivity (Wildman–Crippen MR) is 106 cm³/mol. The molecular weight excluding hydrogens is 364 g/mol. The van der Waals surface area contributed by atoms with Gasteiger partial charge in [0.2, 0.25) is 0 Å². The normalized spacial score (nSPS) is 10.3. The highest BCUT2D eigenvalue weighted by Gasteiger charge is 2.22. The van der Waals surface area contributed by atoms with Crippen LogP contribution in [0.2, 0.25) is 0 Å². The number of carbonyl (C=O) groups excluding carboxylic acids is 1. The summed E-state index contributed by atoms with van der Waals surface area (Å²) in [6, 6.07) is 16.5. The Balaban J connectivity index is 1.90. The maximum atomic E-state index is 12.8. The Labute approximate surface area is 161 Å². The second-order valence-corrected chi connectivity index (χ2v) is 5.98. The Hall–Kier alpha value is -3.46. The zero-order chi connectivity index (χ0) is 19.4. The lowest BCUT2D eigenvalue weighted by atomic mass is 10.2. The van der Waals surface area contributed by atoms with E-state index in [1.165, 1.54) is 12.1 Å². The van der Waals surface area contributed by atoms with Crippen LogP contribution in [0.1, 0.15) is 16.2 Å². The van der Waals surface area contributed by atoms with Gasteiger partial charge in [-0.25, -0.2) is 9.69 Å². The number of amides is 1. The van der Waals surface area contributed by atoms with Crippen LogP contribution in [-0.2, 0) is 0 Å². The average Bonchev–Trinajstić information content (AvgIpc) is 3.08. The Morgan fingerprint density at radius 3 is 2.52 bits per heavy atom. The second kappa shape index (κ2) is 7.83. The third-order valence-electron chi connectivity index (χ3n) is 3.87. The van der Waals surface area contributed by atoms with Crippen LogP contribution in [0.5, 0.6) is 5.75 Å². The van der Waals surface area contributed by atoms with Crippen molar-refractivity contribution in [2.24, 2.45) is 5.73 Å². The largest absolute Gasteiger partial charge is 0.494 e. The number of rotatable bonds is 4. The van der Waals surface area contributed by atoms with E-state index >= 15 is 0 Å². The Morgan fingerprint density at radius 2 is 1.85 bits per heavy atom. The van der Waals surface area contributed by atoms with Crippen LogP contribution in [0.3, 0.4) is 0 Å². The quantitative estimate of drug-likeness (QED) is 0.526. The highest BCUT2D eigenvalue weighted by Crippen LogP contribution is 2.26. The SMILES string of the molecule is COc1ccccc1N(NC(=O)c1nnn(-c2ccccc2)c1C)C(N)=S. The van der Waals surface area contributed by atoms with Crippen LogP contribution >= 0.6 is 12.2 Å². The molecule has 0 unspecified atom stereocenters. The predicted octanol–water partition coefficient (Wildman–Crippen LogP) is 1.98. The number of benzene rings is 2. The first-order valence-corrected chi connectivity index (χ1v) is 8.45. The van der Waals surface area contributed by atoms with E-state index in [0.717, 1.165) is 5.69 Å². The van der Waals surface area contributed by atoms with E-state index in [0.29, 0.717) is 17.1 Å². The molecule has 0 bridgehead atoms. The van der Waals surface area contributed by atoms with Crippen molar-refractivity contribution in [3.8, 4) is 11.4 Å². The Morgan fingerprint density at radius 1 is 1.19 bits per heavy atom. The third-order valence-corrected chi connectivity index (χ3v) is 4.05. The lowest BCUT2D eigenvalue weighted by Crippen LogP contribution is -2.49. The molecule has 27 heavy (non-hydrogen) atoms. The summed E-state index contributed by atoms with van der Waals surface area (Å²) >= 11 is 5.08. The molecule has 9 heteroatoms. The molecule has 1 aromatic heterocycles. The first-order valence-electron chi connectivity index (χ1n) is 8.04. The summed E-state index contributed by atoms with van der Waals surface area (Å²) < 4.78 is 6.90. The van der Waals surface area contributed by atoms with Gasteiger partial charge in [-0.2, -0.15) is 0 Å². The zero-order valence-corrected chi connectivity index (χ0v) is 15.6. The molecule has 0 atom stereocenters. The number of nitrogens with one attached hydrogen (secondary N) is 1. The average molecular weight is 382 g/mol. The first-order chi connectivity index (χ1) is 13.0. The Bertz CT molecular complexity index is 973. The van der Waals surface area contributed by atoms with Crippen molar-refractivity contribution in [1.82, 2.24) is 20.4 Å². The van der Waals surface area contributed by atoms with Crippen LogP contribution in [0.25, 0.3) is 5.69 Å². The summed E-state index contributed by atoms with van der Waals surface area (Å²) in [5.41, 5.74) is 10.5. The molecule has 0 saturated carbocycles. The molecule has 1 amide bonds. The third kappa shape index (κ3) is 3.72. The molecule has 0 aliphatic carbocycles. The number of carbonyl (C=O) groups is 1. The molecule has 0 fully saturated rings. The number of anilines is 1. The summed E-state index contributed by atoms with van der Waals surface area (Å²) in [5.74, 6) is 0.0173. The van der Waals surface area contributed by atoms with Gasteiger partial charge in [0, 0.05) is 0 Å². The maximum Gasteiger partial charge on any atom is 0.292 e. The monoisotopic (exact) mass is 382 g/mol. The van der Waals surface area contributed by atoms with Gasteiger partial charge in [0.15, 0.2) is 10.8 Å². The molecule has 0 saturated heterocycles. The standard InChI is InChI=1S/C18H18N6O2S/c1-12-16(20-22-23(12)13-8-4-3-5-9-13)17(25)21-24(18(19)27)14-10-6-7-11-15(14)26-2/h3-11H,1-2H3,(H2,19,27)(H,21,25). The smallest absolute Gasteiger partial charge is 0.292 e. The van der Waals surface area contributed by atoms with E-state index in [-0.39, 0.29) is 10.8 Å². The molecule has 2 aromatic carbocycles. The minimum atomic E-state index is -0.492. The minimum absolute atomic E-state index is 0.0408. The van der Waals surface area contributed by atoms with Gasteiger partial charge >= 0.3 is 0 Å². The molecule has 138 valence electrons. The van der Waals surface area contributed by atoms with Crippen LogP contribution in [0, 0.1) is 6.92 Å². The highest BCUT2D eigenvalue weighted by atomic mass is 32.1. The number of thiocarbonyl (C=S) groups is 1. The van der Waals surface area contributed by atoms with Gasteiger partial charge in [0.05, 0.1) is 18.5 Å². The molecule has 0 radical (unpaired) electrons. The number of para-hydroxylation sites is 3. The molecule has 1 heterocycles. The van der Waals surface area contributed by atoms with Crippen molar-refractivity contribution in [3.63, 3.8) is 0 Å². The molecule has 0 aliphatic heterocycles. The number of nitrogens with zero attached hydrogens (tertiary/aromatic N) is 4. The number of hydrogen-bond acceptors (Lipinski definition) is 5. The van der Waals surface area contributed by atoms with Crippen molar-refractivity contribution in [1.29, 1.82) is 0 Å². The van der Waals surface area contributed by atoms with E-state index < -0.39 is 5.91 Å². The van der Waals surface area contributed by atoms with Crippen molar-refractivity contribution in [3.05, 3.63) is 66.0 Å². The van der Waals surface area contributed by atoms with E-state index in [9.17, 15) is 4.79 Å². The van der Waals surface area contributed by atoms with Gasteiger partial charge in [-0.3, -0.25) is 10.2 Å². The van der Waals surface area contributed by atoms with Crippen molar-refractivity contribution in [2.75, 3.05) is 12.1 Å². The number of aromatic nitrogens is 3. The van der Waals surface area contributed by atoms with Crippen LogP contribution in [0.4, 0.5) is 5.69 Å². The lowest BCUT2D eigenvalue weighted by molar-refractivity contribution is 0.0949. The lowest BCUT2D eigenvalue weighted by Gasteiger charge is -2.24. The second-order valence-electron chi connectivity index (χ2n) is 5.56. The summed E-state index contributed by atoms with van der Waals surface area (Å²) in [6.45, 7) is 1.76. The Kier molecular flexibility index (Phi) is 5.32. The molecule has 3 N–H and O–H groups in total. The molecular formula is C18H18N6O2S. The van der Waals surface area contributed by atoms with E-state index in [4.69, 9.17) is 22.7 Å². The van der Waals surface area contributed by atoms with Crippen LogP contribution in [0.15, 0.2) is 54.6 Å². The molecule has 3 aromatic rings. The van der Waals surface area contributed by atoms with E-state index in [1.54, 1.807) is 35.9 Å². The van der Waals surface area contributed by atoms with Gasteiger partial charge < -0.3 is 10.5 Å². The fourth-order valence-corrected chi connectivity index (χ4v) is 2.70. The van der Waals surface area contributed by atoms with Crippen molar-refractivity contribution < 1.29 is 9.53 Å². The van der Waals surface area contributed by atoms with Crippen LogP contribution < -0.4 is 20.9 Å². The van der Waals surface area contributed by atoms with E-state index in [2.05, 4.69) is 15.7 Å². The maximum absolute atomic E-state index is 12.8. The van der Waals surface area contributed by atoms with Crippen molar-refractivity contribution in [2.45, 2.75) is 6.92 Å². The van der Waals surface area contributed by atoms with E-state index in [1.807, 2.05) is 30.3 Å². The highest BCUT2D eigenvalue weighted by molar-refractivity contribution is 7.80. The fraction of sp³-hybridized carbons (Fsp3) is 0.111. The molecule has 0 aliphatic rings. The molecule has 8 nitrogen and oxygen atoms in total. The molecule has 0 spiro atoms. The number of methoxy groups -OCH3 is 1. The minimum Gasteiger partial charge on any atom is -0.494 e. The summed E-state index contributed by atoms with van der Waals surface area (Å²) in [6.07, 6.45) is 0. The van der Waals surface area contributed by atoms with Gasteiger partial charge in [-0.05, 0) is 43.4 Å². The van der Waals surface area contributed by atoms with Gasteiger partial charge in [-0.15, -0.1) is 5.10 Å². The summed E-state index contributed by atoms with van der Waals surface area (Å²) in [7, 11) is 1.52. The van der Waals surface area contributed by atoms with Crippen LogP contribution in [-0.4, -0.2) is 33.1 Å². The summed E-state index contributed by atoms with van der Waals surface area (Å²) in [4.78, 5) is 12.8. The number of nitrogens with two attached hydrogens (primary N) is 1. The van der Waals surface area contributed by atoms with Crippen molar-refractivity contribution >= 4 is 28.9 Å². The summed E-state index contributed by atoms with van der Waals surface area (Å²) in [5, 5.41) is 9.30. The fourth-order valence-electron chi connectivity index (χ4n) is 2.56. The van der Waals surface area contributed by atoms with Gasteiger partial charge in [0.1, 0.15) is 11.4 Å². The van der Waals surface area contributed by atoms with Gasteiger partial charge in [-0.1, -0.05) is 35.5 Å².